The van der Waals surface area contributed by atoms with Crippen LogP contribution in [0.15, 0.2) is 0 Å². The number of carbonyl (C=O) groups excluding carboxylic acids is 2. The third-order valence-corrected chi connectivity index (χ3v) is 6.88. The summed E-state index contributed by atoms with van der Waals surface area (Å²) in [4.78, 5) is 27.9. The van der Waals surface area contributed by atoms with Gasteiger partial charge in [-0.2, -0.15) is 0 Å². The van der Waals surface area contributed by atoms with E-state index in [4.69, 9.17) is 4.74 Å². The van der Waals surface area contributed by atoms with Gasteiger partial charge < -0.3 is 4.74 Å². The normalized spacial score (nSPS) is 32.1. The van der Waals surface area contributed by atoms with Crippen molar-refractivity contribution < 1.29 is 14.3 Å². The summed E-state index contributed by atoms with van der Waals surface area (Å²) in [5.74, 6) is 0.790. The minimum atomic E-state index is -1.05. The molecule has 0 aromatic carbocycles. The molecule has 1 aliphatic carbocycles. The molecule has 0 radical (unpaired) electrons. The van der Waals surface area contributed by atoms with Gasteiger partial charge in [0.1, 0.15) is 17.8 Å². The largest absolute Gasteiger partial charge is 0.463 e. The van der Waals surface area contributed by atoms with Crippen LogP contribution in [-0.2, 0) is 14.3 Å². The van der Waals surface area contributed by atoms with Crippen molar-refractivity contribution in [3.8, 4) is 0 Å². The zero-order valence-electron chi connectivity index (χ0n) is 18.5. The standard InChI is InChI=1S/C23H41NO3/c1-17-14-22(2,3)13-12-20(25)23(4,5)21(26)27-16-19(24(6)15-17)18-10-8-7-9-11-18/h17-19H,7-16H2,1-6H3/t17-,19+/m1/s1. The molecule has 2 aliphatic rings. The van der Waals surface area contributed by atoms with Crippen LogP contribution in [0.3, 0.4) is 0 Å². The van der Waals surface area contributed by atoms with Crippen LogP contribution >= 0.6 is 0 Å². The van der Waals surface area contributed by atoms with Crippen LogP contribution in [0, 0.1) is 22.7 Å². The fraction of sp³-hybridized carbons (Fsp3) is 0.913. The zero-order valence-corrected chi connectivity index (χ0v) is 18.5. The summed E-state index contributed by atoms with van der Waals surface area (Å²) < 4.78 is 5.76. The number of ether oxygens (including phenoxy) is 1. The fourth-order valence-electron chi connectivity index (χ4n) is 5.10. The van der Waals surface area contributed by atoms with E-state index >= 15 is 0 Å². The highest BCUT2D eigenvalue weighted by molar-refractivity contribution is 6.02. The van der Waals surface area contributed by atoms with Gasteiger partial charge in [-0.25, -0.2) is 0 Å². The molecule has 1 saturated heterocycles. The molecule has 4 heteroatoms. The molecular weight excluding hydrogens is 338 g/mol. The topological polar surface area (TPSA) is 46.6 Å². The molecule has 0 unspecified atom stereocenters. The second-order valence-corrected chi connectivity index (χ2v) is 10.5. The SMILES string of the molecule is C[C@H]1CN(C)[C@H](C2CCCCC2)COC(=O)C(C)(C)C(=O)CCC(C)(C)C1. The smallest absolute Gasteiger partial charge is 0.319 e. The highest BCUT2D eigenvalue weighted by Crippen LogP contribution is 2.35. The molecular formula is C23H41NO3. The van der Waals surface area contributed by atoms with Gasteiger partial charge in [-0.05, 0) is 63.8 Å². The number of hydrogen-bond acceptors (Lipinski definition) is 4. The molecule has 1 heterocycles. The summed E-state index contributed by atoms with van der Waals surface area (Å²) in [6.45, 7) is 11.7. The van der Waals surface area contributed by atoms with Crippen LogP contribution in [0.4, 0.5) is 0 Å². The quantitative estimate of drug-likeness (QED) is 0.482. The van der Waals surface area contributed by atoms with Crippen molar-refractivity contribution in [2.75, 3.05) is 20.2 Å². The Hall–Kier alpha value is -0.900. The van der Waals surface area contributed by atoms with Gasteiger partial charge in [0.25, 0.3) is 0 Å². The monoisotopic (exact) mass is 379 g/mol. The Morgan fingerprint density at radius 3 is 2.30 bits per heavy atom. The lowest BCUT2D eigenvalue weighted by atomic mass is 9.76. The number of rotatable bonds is 1. The molecule has 1 saturated carbocycles. The Bertz CT molecular complexity index is 520. The highest BCUT2D eigenvalue weighted by Gasteiger charge is 2.39. The van der Waals surface area contributed by atoms with Gasteiger partial charge in [0, 0.05) is 19.0 Å². The van der Waals surface area contributed by atoms with Crippen molar-refractivity contribution >= 4 is 11.8 Å². The molecule has 1 aliphatic heterocycles. The van der Waals surface area contributed by atoms with Gasteiger partial charge in [-0.1, -0.05) is 40.0 Å². The van der Waals surface area contributed by atoms with E-state index in [0.717, 1.165) is 19.4 Å². The van der Waals surface area contributed by atoms with Crippen LogP contribution < -0.4 is 0 Å². The molecule has 2 fully saturated rings. The predicted octanol–water partition coefficient (Wildman–Crippen LogP) is 4.85. The average molecular weight is 380 g/mol. The highest BCUT2D eigenvalue weighted by atomic mass is 16.5. The van der Waals surface area contributed by atoms with Crippen molar-refractivity contribution in [2.24, 2.45) is 22.7 Å². The van der Waals surface area contributed by atoms with E-state index in [2.05, 4.69) is 32.7 Å². The average Bonchev–Trinajstić information content (AvgIpc) is 2.59. The third kappa shape index (κ3) is 6.04. The molecule has 2 atom stereocenters. The number of nitrogens with zero attached hydrogens (tertiary/aromatic N) is 1. The van der Waals surface area contributed by atoms with E-state index in [-0.39, 0.29) is 23.2 Å². The summed E-state index contributed by atoms with van der Waals surface area (Å²) in [5, 5.41) is 0. The van der Waals surface area contributed by atoms with Gasteiger partial charge in [0.15, 0.2) is 0 Å². The summed E-state index contributed by atoms with van der Waals surface area (Å²) in [6, 6.07) is 0.256. The molecule has 27 heavy (non-hydrogen) atoms. The lowest BCUT2D eigenvalue weighted by Gasteiger charge is -2.38. The van der Waals surface area contributed by atoms with Crippen molar-refractivity contribution in [3.05, 3.63) is 0 Å². The Morgan fingerprint density at radius 2 is 1.67 bits per heavy atom. The minimum Gasteiger partial charge on any atom is -0.463 e. The Kier molecular flexibility index (Phi) is 7.52. The van der Waals surface area contributed by atoms with E-state index in [1.165, 1.54) is 32.1 Å². The van der Waals surface area contributed by atoms with Crippen LogP contribution in [0.2, 0.25) is 0 Å². The second-order valence-electron chi connectivity index (χ2n) is 10.5. The van der Waals surface area contributed by atoms with Crippen molar-refractivity contribution in [3.63, 3.8) is 0 Å². The molecule has 0 aromatic heterocycles. The van der Waals surface area contributed by atoms with Crippen LogP contribution in [0.1, 0.15) is 86.0 Å². The number of likely N-dealkylation sites (N-methyl/N-ethyl adjacent to an activating group) is 1. The number of carbonyl (C=O) groups is 2. The first-order valence-electron chi connectivity index (χ1n) is 10.9. The van der Waals surface area contributed by atoms with Crippen molar-refractivity contribution in [1.29, 1.82) is 0 Å². The molecule has 0 aromatic rings. The van der Waals surface area contributed by atoms with Crippen molar-refractivity contribution in [2.45, 2.75) is 92.0 Å². The summed E-state index contributed by atoms with van der Waals surface area (Å²) in [6.07, 6.45) is 8.66. The summed E-state index contributed by atoms with van der Waals surface area (Å²) in [5.41, 5.74) is -0.949. The molecule has 0 spiro atoms. The van der Waals surface area contributed by atoms with E-state index in [1.807, 2.05) is 0 Å². The first-order valence-corrected chi connectivity index (χ1v) is 10.9. The maximum atomic E-state index is 12.8. The summed E-state index contributed by atoms with van der Waals surface area (Å²) >= 11 is 0. The lowest BCUT2D eigenvalue weighted by molar-refractivity contribution is -0.160. The van der Waals surface area contributed by atoms with E-state index in [0.29, 0.717) is 24.9 Å². The van der Waals surface area contributed by atoms with Gasteiger partial charge in [0.2, 0.25) is 0 Å². The zero-order chi connectivity index (χ0) is 20.2. The molecule has 2 rings (SSSR count). The number of hydrogen-bond donors (Lipinski definition) is 0. The maximum Gasteiger partial charge on any atom is 0.319 e. The third-order valence-electron chi connectivity index (χ3n) is 6.88. The molecule has 0 bridgehead atoms. The number of Topliss-reactive ketones (excluding diaryl/α,β-unsaturated/α-hetero) is 1. The van der Waals surface area contributed by atoms with E-state index in [9.17, 15) is 9.59 Å². The van der Waals surface area contributed by atoms with Crippen LogP contribution in [0.25, 0.3) is 0 Å². The van der Waals surface area contributed by atoms with Crippen molar-refractivity contribution in [1.82, 2.24) is 4.90 Å². The lowest BCUT2D eigenvalue weighted by Crippen LogP contribution is -2.46. The predicted molar refractivity (Wildman–Crippen MR) is 110 cm³/mol. The number of cyclic esters (lactones) is 1. The first-order chi connectivity index (χ1) is 12.5. The number of esters is 1. The Morgan fingerprint density at radius 1 is 1.04 bits per heavy atom. The fourth-order valence-corrected chi connectivity index (χ4v) is 5.10. The molecule has 0 N–H and O–H groups in total. The van der Waals surface area contributed by atoms with Crippen LogP contribution in [-0.4, -0.2) is 42.9 Å². The maximum absolute atomic E-state index is 12.8. The van der Waals surface area contributed by atoms with Gasteiger partial charge in [0.05, 0.1) is 0 Å². The first kappa shape index (κ1) is 22.4. The van der Waals surface area contributed by atoms with E-state index < -0.39 is 5.41 Å². The minimum absolute atomic E-state index is 0.00930. The second kappa shape index (κ2) is 9.07. The number of ketones is 1. The van der Waals surface area contributed by atoms with Gasteiger partial charge in [-0.3, -0.25) is 14.5 Å². The Balaban J connectivity index is 2.24. The van der Waals surface area contributed by atoms with Gasteiger partial charge >= 0.3 is 5.97 Å². The Labute approximate surface area is 166 Å². The van der Waals surface area contributed by atoms with Crippen LogP contribution in [0.5, 0.6) is 0 Å². The van der Waals surface area contributed by atoms with Gasteiger partial charge in [-0.15, -0.1) is 0 Å². The summed E-state index contributed by atoms with van der Waals surface area (Å²) in [7, 11) is 2.19. The molecule has 4 nitrogen and oxygen atoms in total. The van der Waals surface area contributed by atoms with E-state index in [1.54, 1.807) is 13.8 Å². The molecule has 156 valence electrons. The molecule has 0 amide bonds.